The zero-order valence-corrected chi connectivity index (χ0v) is 21.1. The Morgan fingerprint density at radius 2 is 1.50 bits per heavy atom. The maximum Gasteiger partial charge on any atom is 0.335 e. The molecule has 0 unspecified atom stereocenters. The summed E-state index contributed by atoms with van der Waals surface area (Å²) < 4.78 is 18.1. The van der Waals surface area contributed by atoms with Crippen LogP contribution in [0.2, 0.25) is 0 Å². The van der Waals surface area contributed by atoms with Crippen molar-refractivity contribution in [1.29, 1.82) is 0 Å². The molecule has 1 saturated heterocycles. The Hall–Kier alpha value is -5.05. The van der Waals surface area contributed by atoms with Crippen LogP contribution in [0.3, 0.4) is 0 Å². The highest BCUT2D eigenvalue weighted by Gasteiger charge is 2.38. The van der Waals surface area contributed by atoms with Crippen molar-refractivity contribution < 1.29 is 28.6 Å². The highest BCUT2D eigenvalue weighted by atomic mass is 16.5. The molecular formula is C29H25N3O6. The van der Waals surface area contributed by atoms with Crippen molar-refractivity contribution in [2.75, 3.05) is 26.2 Å². The first kappa shape index (κ1) is 24.6. The molecule has 0 aliphatic carbocycles. The van der Waals surface area contributed by atoms with Crippen molar-refractivity contribution >= 4 is 40.5 Å². The molecule has 0 spiro atoms. The number of amides is 4. The van der Waals surface area contributed by atoms with Crippen LogP contribution < -0.4 is 24.4 Å². The number of nitrogens with zero attached hydrogens (tertiary/aromatic N) is 2. The summed E-state index contributed by atoms with van der Waals surface area (Å²) in [6, 6.07) is 19.8. The molecule has 192 valence electrons. The van der Waals surface area contributed by atoms with E-state index in [1.807, 2.05) is 60.8 Å². The van der Waals surface area contributed by atoms with Crippen LogP contribution in [0, 0.1) is 0 Å². The maximum atomic E-state index is 13.6. The number of barbiturate groups is 1. The highest BCUT2D eigenvalue weighted by molar-refractivity contribution is 6.39. The molecule has 4 aromatic rings. The molecule has 9 nitrogen and oxygen atoms in total. The molecular weight excluding hydrogens is 486 g/mol. The van der Waals surface area contributed by atoms with Crippen LogP contribution in [-0.2, 0) is 16.1 Å². The van der Waals surface area contributed by atoms with Crippen LogP contribution in [-0.4, -0.2) is 43.7 Å². The van der Waals surface area contributed by atoms with Crippen molar-refractivity contribution in [3.63, 3.8) is 0 Å². The number of ether oxygens (including phenoxy) is 3. The molecule has 38 heavy (non-hydrogen) atoms. The summed E-state index contributed by atoms with van der Waals surface area (Å²) in [4.78, 5) is 40.1. The van der Waals surface area contributed by atoms with Crippen LogP contribution in [0.15, 0.2) is 78.5 Å². The van der Waals surface area contributed by atoms with Gasteiger partial charge in [0.2, 0.25) is 5.75 Å². The van der Waals surface area contributed by atoms with Crippen LogP contribution in [0.1, 0.15) is 11.1 Å². The van der Waals surface area contributed by atoms with Gasteiger partial charge in [0.1, 0.15) is 5.57 Å². The van der Waals surface area contributed by atoms with E-state index in [9.17, 15) is 14.4 Å². The van der Waals surface area contributed by atoms with Gasteiger partial charge in [0.15, 0.2) is 11.5 Å². The standard InChI is InChI=1S/C29H25N3O6/c1-36-24-14-20(15-25(37-2)26(24)38-3)32-28(34)22(27(33)30-29(32)35)13-19-17-31(16-18-9-5-4-6-10-18)23-12-8-7-11-21(19)23/h4-15,17H,16H2,1-3H3,(H,30,33,35)/b22-13-. The molecule has 1 fully saturated rings. The second kappa shape index (κ2) is 10.1. The number of aromatic nitrogens is 1. The molecule has 0 bridgehead atoms. The number of benzene rings is 3. The highest BCUT2D eigenvalue weighted by Crippen LogP contribution is 2.41. The molecule has 5 rings (SSSR count). The summed E-state index contributed by atoms with van der Waals surface area (Å²) >= 11 is 0. The fraction of sp³-hybridized carbons (Fsp3) is 0.138. The zero-order valence-electron chi connectivity index (χ0n) is 21.1. The summed E-state index contributed by atoms with van der Waals surface area (Å²) in [5, 5.41) is 3.13. The lowest BCUT2D eigenvalue weighted by atomic mass is 10.1. The number of nitrogens with one attached hydrogen (secondary N) is 1. The van der Waals surface area contributed by atoms with E-state index in [1.165, 1.54) is 39.5 Å². The molecule has 1 aliphatic rings. The maximum absolute atomic E-state index is 13.6. The van der Waals surface area contributed by atoms with E-state index in [-0.39, 0.29) is 22.8 Å². The summed E-state index contributed by atoms with van der Waals surface area (Å²) in [7, 11) is 4.31. The Bertz CT molecular complexity index is 1560. The van der Waals surface area contributed by atoms with Crippen LogP contribution in [0.5, 0.6) is 17.2 Å². The molecule has 1 N–H and O–H groups in total. The minimum atomic E-state index is -0.877. The summed E-state index contributed by atoms with van der Waals surface area (Å²) in [6.07, 6.45) is 3.41. The van der Waals surface area contributed by atoms with Gasteiger partial charge >= 0.3 is 6.03 Å². The minimum absolute atomic E-state index is 0.159. The zero-order chi connectivity index (χ0) is 26.8. The van der Waals surface area contributed by atoms with Gasteiger partial charge in [-0.25, -0.2) is 9.69 Å². The van der Waals surface area contributed by atoms with Crippen molar-refractivity contribution in [3.8, 4) is 17.2 Å². The predicted octanol–water partition coefficient (Wildman–Crippen LogP) is 4.38. The molecule has 0 radical (unpaired) electrons. The number of carbonyl (C=O) groups is 3. The van der Waals surface area contributed by atoms with E-state index in [2.05, 4.69) is 9.88 Å². The fourth-order valence-electron chi connectivity index (χ4n) is 4.54. The third-order valence-electron chi connectivity index (χ3n) is 6.32. The van der Waals surface area contributed by atoms with Gasteiger partial charge in [0.05, 0.1) is 27.0 Å². The number of carbonyl (C=O) groups excluding carboxylic acids is 3. The molecule has 9 heteroatoms. The SMILES string of the molecule is COc1cc(N2C(=O)NC(=O)/C(=C/c3cn(Cc4ccccc4)c4ccccc34)C2=O)cc(OC)c1OC. The lowest BCUT2D eigenvalue weighted by molar-refractivity contribution is -0.122. The van der Waals surface area contributed by atoms with Crippen LogP contribution >= 0.6 is 0 Å². The predicted molar refractivity (Wildman–Crippen MR) is 143 cm³/mol. The van der Waals surface area contributed by atoms with E-state index in [0.29, 0.717) is 17.9 Å². The quantitative estimate of drug-likeness (QED) is 0.292. The normalized spacial score (nSPS) is 14.7. The lowest BCUT2D eigenvalue weighted by Gasteiger charge is -2.27. The number of fused-ring (bicyclic) bond motifs is 1. The first-order valence-corrected chi connectivity index (χ1v) is 11.8. The molecule has 1 aliphatic heterocycles. The van der Waals surface area contributed by atoms with E-state index >= 15 is 0 Å². The van der Waals surface area contributed by atoms with Crippen molar-refractivity contribution in [3.05, 3.63) is 89.6 Å². The average Bonchev–Trinajstić information content (AvgIpc) is 3.27. The van der Waals surface area contributed by atoms with Crippen LogP contribution in [0.4, 0.5) is 10.5 Å². The number of imide groups is 2. The topological polar surface area (TPSA) is 99.1 Å². The molecule has 2 heterocycles. The van der Waals surface area contributed by atoms with Crippen LogP contribution in [0.25, 0.3) is 17.0 Å². The number of methoxy groups -OCH3 is 3. The summed E-state index contributed by atoms with van der Waals surface area (Å²) in [6.45, 7) is 0.612. The molecule has 4 amide bonds. The van der Waals surface area contributed by atoms with E-state index in [0.717, 1.165) is 21.4 Å². The molecule has 0 saturated carbocycles. The fourth-order valence-corrected chi connectivity index (χ4v) is 4.54. The molecule has 3 aromatic carbocycles. The summed E-state index contributed by atoms with van der Waals surface area (Å²) in [5.41, 5.74) is 2.71. The van der Waals surface area contributed by atoms with Crippen molar-refractivity contribution in [2.45, 2.75) is 6.54 Å². The lowest BCUT2D eigenvalue weighted by Crippen LogP contribution is -2.54. The van der Waals surface area contributed by atoms with Crippen molar-refractivity contribution in [2.24, 2.45) is 0 Å². The Morgan fingerprint density at radius 1 is 0.842 bits per heavy atom. The van der Waals surface area contributed by atoms with Gasteiger partial charge in [0.25, 0.3) is 11.8 Å². The van der Waals surface area contributed by atoms with Gasteiger partial charge in [-0.1, -0.05) is 48.5 Å². The number of hydrogen-bond acceptors (Lipinski definition) is 6. The molecule has 1 aromatic heterocycles. The first-order chi connectivity index (χ1) is 18.4. The second-order valence-corrected chi connectivity index (χ2v) is 8.56. The second-order valence-electron chi connectivity index (χ2n) is 8.56. The third-order valence-corrected chi connectivity index (χ3v) is 6.32. The Labute approximate surface area is 218 Å². The number of rotatable bonds is 7. The number of para-hydroxylation sites is 1. The Morgan fingerprint density at radius 3 is 2.16 bits per heavy atom. The van der Waals surface area contributed by atoms with Gasteiger partial charge < -0.3 is 18.8 Å². The Balaban J connectivity index is 1.58. The van der Waals surface area contributed by atoms with Gasteiger partial charge in [-0.2, -0.15) is 0 Å². The number of urea groups is 1. The van der Waals surface area contributed by atoms with E-state index < -0.39 is 17.8 Å². The van der Waals surface area contributed by atoms with Gasteiger partial charge in [-0.05, 0) is 17.7 Å². The largest absolute Gasteiger partial charge is 0.493 e. The van der Waals surface area contributed by atoms with E-state index in [4.69, 9.17) is 14.2 Å². The Kier molecular flexibility index (Phi) is 6.57. The van der Waals surface area contributed by atoms with Gasteiger partial charge in [-0.15, -0.1) is 0 Å². The minimum Gasteiger partial charge on any atom is -0.493 e. The first-order valence-electron chi connectivity index (χ1n) is 11.8. The van der Waals surface area contributed by atoms with Gasteiger partial charge in [-0.3, -0.25) is 14.9 Å². The van der Waals surface area contributed by atoms with E-state index in [1.54, 1.807) is 0 Å². The van der Waals surface area contributed by atoms with Crippen molar-refractivity contribution in [1.82, 2.24) is 9.88 Å². The molecule has 0 atom stereocenters. The average molecular weight is 512 g/mol. The number of anilines is 1. The van der Waals surface area contributed by atoms with Gasteiger partial charge in [0, 0.05) is 41.3 Å². The summed E-state index contributed by atoms with van der Waals surface area (Å²) in [5.74, 6) is -0.721. The number of hydrogen-bond donors (Lipinski definition) is 1. The smallest absolute Gasteiger partial charge is 0.335 e. The monoisotopic (exact) mass is 511 g/mol. The third kappa shape index (κ3) is 4.34.